The molecular weight excluding hydrogens is 218 g/mol. The van der Waals surface area contributed by atoms with Gasteiger partial charge < -0.3 is 5.11 Å². The Morgan fingerprint density at radius 3 is 1.88 bits per heavy atom. The van der Waals surface area contributed by atoms with Gasteiger partial charge in [-0.3, -0.25) is 14.6 Å². The van der Waals surface area contributed by atoms with E-state index in [1.54, 1.807) is 26.0 Å². The average Bonchev–Trinajstić information content (AvgIpc) is 2.30. The summed E-state index contributed by atoms with van der Waals surface area (Å²) in [5, 5.41) is 9.27. The van der Waals surface area contributed by atoms with E-state index in [2.05, 4.69) is 4.98 Å². The zero-order valence-corrected chi connectivity index (χ0v) is 10.4. The molecule has 0 radical (unpaired) electrons. The number of aryl methyl sites for hydroxylation is 2. The normalized spacial score (nSPS) is 9.88. The van der Waals surface area contributed by atoms with Crippen LogP contribution in [-0.2, 0) is 0 Å². The van der Waals surface area contributed by atoms with Crippen molar-refractivity contribution in [2.24, 2.45) is 0 Å². The molecule has 1 aromatic carbocycles. The molecule has 0 saturated heterocycles. The van der Waals surface area contributed by atoms with Crippen molar-refractivity contribution in [2.45, 2.75) is 27.7 Å². The van der Waals surface area contributed by atoms with Gasteiger partial charge in [0.15, 0.2) is 5.75 Å². The van der Waals surface area contributed by atoms with Crippen molar-refractivity contribution in [1.29, 1.82) is 0 Å². The van der Waals surface area contributed by atoms with Crippen LogP contribution in [-0.4, -0.2) is 10.1 Å². The quantitative estimate of drug-likeness (QED) is 0.761. The van der Waals surface area contributed by atoms with Crippen LogP contribution in [0, 0.1) is 13.8 Å². The predicted molar refractivity (Wildman–Crippen MR) is 67.1 cm³/mol. The number of aromatic nitrogens is 1. The SMILES string of the molecule is CC.Cc1cc(-c2c(O)c(=O)c2=O)cc(C)n1. The standard InChI is InChI=1S/C11H9NO3.C2H6/c1-5-3-7(4-6(2)12-5)8-9(13)11(15)10(8)14;1-2/h3-4,13H,1-2H3;1-2H3. The first-order chi connectivity index (χ1) is 8.00. The molecule has 0 fully saturated rings. The number of aromatic hydroxyl groups is 1. The second-order valence-electron chi connectivity index (χ2n) is 3.52. The minimum Gasteiger partial charge on any atom is -0.503 e. The van der Waals surface area contributed by atoms with Crippen molar-refractivity contribution < 1.29 is 5.11 Å². The van der Waals surface area contributed by atoms with Gasteiger partial charge in [-0.05, 0) is 31.5 Å². The van der Waals surface area contributed by atoms with Gasteiger partial charge in [-0.15, -0.1) is 0 Å². The van der Waals surface area contributed by atoms with Crippen LogP contribution in [0.3, 0.4) is 0 Å². The Hall–Kier alpha value is -1.97. The summed E-state index contributed by atoms with van der Waals surface area (Å²) in [4.78, 5) is 26.2. The van der Waals surface area contributed by atoms with Crippen LogP contribution in [0.4, 0.5) is 0 Å². The summed E-state index contributed by atoms with van der Waals surface area (Å²) in [6.45, 7) is 7.58. The predicted octanol–water partition coefficient (Wildman–Crippen LogP) is 1.69. The number of rotatable bonds is 1. The third-order valence-electron chi connectivity index (χ3n) is 2.26. The van der Waals surface area contributed by atoms with E-state index in [9.17, 15) is 14.7 Å². The monoisotopic (exact) mass is 233 g/mol. The Kier molecular flexibility index (Phi) is 3.78. The Labute approximate surface area is 99.3 Å². The maximum Gasteiger partial charge on any atom is 0.268 e. The Balaban J connectivity index is 0.000000686. The summed E-state index contributed by atoms with van der Waals surface area (Å²) in [5.74, 6) is -0.440. The fourth-order valence-corrected chi connectivity index (χ4v) is 1.63. The average molecular weight is 233 g/mol. The van der Waals surface area contributed by atoms with Crippen LogP contribution >= 0.6 is 0 Å². The fraction of sp³-hybridized carbons (Fsp3) is 0.308. The first kappa shape index (κ1) is 13.1. The Morgan fingerprint density at radius 1 is 1.00 bits per heavy atom. The highest BCUT2D eigenvalue weighted by Crippen LogP contribution is 2.24. The van der Waals surface area contributed by atoms with E-state index in [1.165, 1.54) is 0 Å². The van der Waals surface area contributed by atoms with Crippen LogP contribution in [0.2, 0.25) is 0 Å². The van der Waals surface area contributed by atoms with Gasteiger partial charge in [0.2, 0.25) is 5.43 Å². The van der Waals surface area contributed by atoms with E-state index in [1.807, 2.05) is 13.8 Å². The molecule has 0 bridgehead atoms. The lowest BCUT2D eigenvalue weighted by Crippen LogP contribution is -2.31. The minimum absolute atomic E-state index is 0.105. The molecule has 0 unspecified atom stereocenters. The zero-order valence-electron chi connectivity index (χ0n) is 10.4. The molecule has 0 aliphatic heterocycles. The number of hydrogen-bond acceptors (Lipinski definition) is 4. The molecule has 17 heavy (non-hydrogen) atoms. The largest absolute Gasteiger partial charge is 0.503 e. The molecule has 0 aliphatic rings. The van der Waals surface area contributed by atoms with E-state index in [0.717, 1.165) is 11.4 Å². The fourth-order valence-electron chi connectivity index (χ4n) is 1.63. The van der Waals surface area contributed by atoms with Gasteiger partial charge in [-0.1, -0.05) is 13.8 Å². The maximum atomic E-state index is 11.2. The first-order valence-corrected chi connectivity index (χ1v) is 5.48. The van der Waals surface area contributed by atoms with Crippen LogP contribution in [0.5, 0.6) is 5.75 Å². The molecule has 0 amide bonds. The topological polar surface area (TPSA) is 67.3 Å². The van der Waals surface area contributed by atoms with Crippen molar-refractivity contribution in [3.8, 4) is 16.9 Å². The molecule has 0 atom stereocenters. The van der Waals surface area contributed by atoms with Crippen LogP contribution < -0.4 is 10.9 Å². The van der Waals surface area contributed by atoms with Crippen molar-refractivity contribution in [2.75, 3.05) is 0 Å². The van der Waals surface area contributed by atoms with Crippen LogP contribution in [0.15, 0.2) is 21.7 Å². The Morgan fingerprint density at radius 2 is 1.47 bits per heavy atom. The molecule has 1 heterocycles. The van der Waals surface area contributed by atoms with E-state index in [-0.39, 0.29) is 5.56 Å². The van der Waals surface area contributed by atoms with E-state index < -0.39 is 16.6 Å². The van der Waals surface area contributed by atoms with Crippen molar-refractivity contribution in [3.05, 3.63) is 44.0 Å². The molecule has 1 N–H and O–H groups in total. The zero-order chi connectivity index (χ0) is 13.2. The second-order valence-corrected chi connectivity index (χ2v) is 3.52. The van der Waals surface area contributed by atoms with Crippen molar-refractivity contribution >= 4 is 0 Å². The van der Waals surface area contributed by atoms with Gasteiger partial charge in [0.1, 0.15) is 0 Å². The molecule has 2 rings (SSSR count). The minimum atomic E-state index is -0.808. The van der Waals surface area contributed by atoms with E-state index >= 15 is 0 Å². The summed E-state index contributed by atoms with van der Waals surface area (Å²) >= 11 is 0. The number of hydrogen-bond donors (Lipinski definition) is 1. The maximum absolute atomic E-state index is 11.2. The van der Waals surface area contributed by atoms with Gasteiger partial charge >= 0.3 is 0 Å². The first-order valence-electron chi connectivity index (χ1n) is 5.48. The summed E-state index contributed by atoms with van der Waals surface area (Å²) < 4.78 is 0. The molecular formula is C13H15NO3. The molecule has 0 spiro atoms. The Bertz CT molecular complexity index is 587. The number of pyridine rings is 1. The molecule has 0 aliphatic carbocycles. The highest BCUT2D eigenvalue weighted by atomic mass is 16.3. The smallest absolute Gasteiger partial charge is 0.268 e. The third kappa shape index (κ3) is 2.25. The summed E-state index contributed by atoms with van der Waals surface area (Å²) in [6, 6.07) is 3.34. The van der Waals surface area contributed by atoms with E-state index in [4.69, 9.17) is 0 Å². The summed E-state index contributed by atoms with van der Waals surface area (Å²) in [6.07, 6.45) is 0. The summed E-state index contributed by atoms with van der Waals surface area (Å²) in [7, 11) is 0. The highest BCUT2D eigenvalue weighted by Gasteiger charge is 2.21. The van der Waals surface area contributed by atoms with E-state index in [0.29, 0.717) is 5.56 Å². The molecule has 0 saturated carbocycles. The molecule has 4 nitrogen and oxygen atoms in total. The van der Waals surface area contributed by atoms with Gasteiger partial charge in [0.25, 0.3) is 5.43 Å². The molecule has 4 heteroatoms. The number of nitrogens with zero attached hydrogens (tertiary/aromatic N) is 1. The van der Waals surface area contributed by atoms with Crippen molar-refractivity contribution in [3.63, 3.8) is 0 Å². The van der Waals surface area contributed by atoms with Gasteiger partial charge in [-0.25, -0.2) is 0 Å². The van der Waals surface area contributed by atoms with Gasteiger partial charge in [0, 0.05) is 11.4 Å². The lowest BCUT2D eigenvalue weighted by Gasteiger charge is -2.07. The lowest BCUT2D eigenvalue weighted by molar-refractivity contribution is 0.465. The van der Waals surface area contributed by atoms with Crippen LogP contribution in [0.1, 0.15) is 25.2 Å². The molecule has 1 aromatic heterocycles. The highest BCUT2D eigenvalue weighted by molar-refractivity contribution is 5.73. The van der Waals surface area contributed by atoms with Gasteiger partial charge in [-0.2, -0.15) is 0 Å². The van der Waals surface area contributed by atoms with Crippen molar-refractivity contribution in [1.82, 2.24) is 4.98 Å². The molecule has 2 aromatic rings. The summed E-state index contributed by atoms with van der Waals surface area (Å²) in [5.41, 5.74) is 0.722. The molecule has 90 valence electrons. The third-order valence-corrected chi connectivity index (χ3v) is 2.26. The van der Waals surface area contributed by atoms with Gasteiger partial charge in [0.05, 0.1) is 5.56 Å². The second kappa shape index (κ2) is 4.91. The van der Waals surface area contributed by atoms with Crippen LogP contribution in [0.25, 0.3) is 11.1 Å². The lowest BCUT2D eigenvalue weighted by atomic mass is 10.00.